The minimum absolute atomic E-state index is 0.0490. The van der Waals surface area contributed by atoms with Gasteiger partial charge in [0.15, 0.2) is 11.6 Å². The highest BCUT2D eigenvalue weighted by Crippen LogP contribution is 2.34. The third-order valence-electron chi connectivity index (χ3n) is 5.60. The molecule has 0 saturated heterocycles. The second kappa shape index (κ2) is 8.53. The Balaban J connectivity index is 1.28. The minimum atomic E-state index is -4.87. The molecule has 2 aromatic carbocycles. The molecular weight excluding hydrogens is 468 g/mol. The Morgan fingerprint density at radius 1 is 1.11 bits per heavy atom. The maximum absolute atomic E-state index is 14.1. The third-order valence-corrected chi connectivity index (χ3v) is 5.60. The lowest BCUT2D eigenvalue weighted by atomic mass is 10.1. The van der Waals surface area contributed by atoms with Crippen LogP contribution in [0.3, 0.4) is 0 Å². The van der Waals surface area contributed by atoms with Crippen molar-refractivity contribution >= 4 is 34.2 Å². The number of fused-ring (bicyclic) bond motifs is 1. The Kier molecular flexibility index (Phi) is 5.50. The fourth-order valence-corrected chi connectivity index (χ4v) is 3.64. The van der Waals surface area contributed by atoms with Crippen molar-refractivity contribution in [2.45, 2.75) is 25.6 Å². The number of aromatic amines is 1. The number of H-pyrrole nitrogens is 1. The molecule has 1 fully saturated rings. The summed E-state index contributed by atoms with van der Waals surface area (Å²) in [5, 5.41) is 16.9. The van der Waals surface area contributed by atoms with Crippen molar-refractivity contribution in [2.75, 3.05) is 10.6 Å². The van der Waals surface area contributed by atoms with Crippen molar-refractivity contribution < 1.29 is 27.2 Å². The standard InChI is InChI=1S/C23H18F4N6O2/c24-20-16(23(25,26)27)2-1-3-17(20)29-19(34)11-33-10-14(9-28-33)13-6-7-15-18(8-13)31-32-21(15)30-22(35)12-4-5-12/h1-3,6-10,12H,4-5,11H2,(H,29,34)(H2,30,31,32,35). The number of benzene rings is 2. The van der Waals surface area contributed by atoms with E-state index in [0.29, 0.717) is 23.0 Å². The number of carbonyl (C=O) groups is 2. The van der Waals surface area contributed by atoms with Gasteiger partial charge < -0.3 is 10.6 Å². The van der Waals surface area contributed by atoms with E-state index in [-0.39, 0.29) is 18.4 Å². The van der Waals surface area contributed by atoms with Gasteiger partial charge in [-0.15, -0.1) is 0 Å². The number of anilines is 2. The first kappa shape index (κ1) is 22.6. The van der Waals surface area contributed by atoms with E-state index >= 15 is 0 Å². The Labute approximate surface area is 195 Å². The molecule has 2 amide bonds. The normalized spacial score (nSPS) is 13.7. The molecule has 12 heteroatoms. The summed E-state index contributed by atoms with van der Waals surface area (Å²) < 4.78 is 54.1. The molecule has 0 radical (unpaired) electrons. The molecule has 0 unspecified atom stereocenters. The van der Waals surface area contributed by atoms with Crippen LogP contribution in [0.4, 0.5) is 29.1 Å². The zero-order chi connectivity index (χ0) is 24.7. The van der Waals surface area contributed by atoms with Gasteiger partial charge in [0.2, 0.25) is 11.8 Å². The number of rotatable bonds is 6. The van der Waals surface area contributed by atoms with E-state index in [0.717, 1.165) is 35.9 Å². The molecular formula is C23H18F4N6O2. The van der Waals surface area contributed by atoms with E-state index < -0.39 is 29.2 Å². The molecule has 0 spiro atoms. The summed E-state index contributed by atoms with van der Waals surface area (Å²) in [7, 11) is 0. The van der Waals surface area contributed by atoms with Crippen LogP contribution in [0, 0.1) is 11.7 Å². The zero-order valence-electron chi connectivity index (χ0n) is 18.0. The van der Waals surface area contributed by atoms with Gasteiger partial charge >= 0.3 is 6.18 Å². The topological polar surface area (TPSA) is 105 Å². The van der Waals surface area contributed by atoms with Gasteiger partial charge in [0, 0.05) is 23.1 Å². The lowest BCUT2D eigenvalue weighted by Crippen LogP contribution is -2.20. The van der Waals surface area contributed by atoms with Crippen LogP contribution in [0.15, 0.2) is 48.8 Å². The first-order valence-corrected chi connectivity index (χ1v) is 10.7. The minimum Gasteiger partial charge on any atom is -0.322 e. The summed E-state index contributed by atoms with van der Waals surface area (Å²) in [5.74, 6) is -1.83. The first-order valence-electron chi connectivity index (χ1n) is 10.7. The lowest BCUT2D eigenvalue weighted by Gasteiger charge is -2.12. The SMILES string of the molecule is O=C(Cn1cc(-c2ccc3c(NC(=O)C4CC4)n[nH]c3c2)cn1)Nc1cccc(C(F)(F)F)c1F. The molecule has 5 rings (SSSR count). The third kappa shape index (κ3) is 4.72. The van der Waals surface area contributed by atoms with Crippen LogP contribution in [-0.2, 0) is 22.3 Å². The Morgan fingerprint density at radius 2 is 1.91 bits per heavy atom. The van der Waals surface area contributed by atoms with Crippen molar-refractivity contribution in [2.24, 2.45) is 5.92 Å². The average Bonchev–Trinajstić information content (AvgIpc) is 3.44. The molecule has 1 aliphatic carbocycles. The summed E-state index contributed by atoms with van der Waals surface area (Å²) in [6, 6.07) is 8.10. The van der Waals surface area contributed by atoms with Gasteiger partial charge in [0.1, 0.15) is 6.54 Å². The van der Waals surface area contributed by atoms with Crippen molar-refractivity contribution in [1.29, 1.82) is 0 Å². The number of carbonyl (C=O) groups excluding carboxylic acids is 2. The second-order valence-electron chi connectivity index (χ2n) is 8.24. The molecule has 0 aliphatic heterocycles. The summed E-state index contributed by atoms with van der Waals surface area (Å²) >= 11 is 0. The number of nitrogens with zero attached hydrogens (tertiary/aromatic N) is 3. The van der Waals surface area contributed by atoms with Gasteiger partial charge in [0.05, 0.1) is 23.0 Å². The molecule has 8 nitrogen and oxygen atoms in total. The number of hydrogen-bond acceptors (Lipinski definition) is 4. The fourth-order valence-electron chi connectivity index (χ4n) is 3.64. The molecule has 4 aromatic rings. The van der Waals surface area contributed by atoms with Crippen LogP contribution in [-0.4, -0.2) is 31.8 Å². The predicted molar refractivity (Wildman–Crippen MR) is 119 cm³/mol. The van der Waals surface area contributed by atoms with Crippen LogP contribution >= 0.6 is 0 Å². The summed E-state index contributed by atoms with van der Waals surface area (Å²) in [6.45, 7) is -0.334. The van der Waals surface area contributed by atoms with E-state index in [2.05, 4.69) is 25.9 Å². The first-order chi connectivity index (χ1) is 16.7. The van der Waals surface area contributed by atoms with Crippen molar-refractivity contribution in [3.05, 3.63) is 60.2 Å². The molecule has 180 valence electrons. The number of aromatic nitrogens is 4. The van der Waals surface area contributed by atoms with Crippen molar-refractivity contribution in [1.82, 2.24) is 20.0 Å². The van der Waals surface area contributed by atoms with E-state index in [1.54, 1.807) is 12.3 Å². The largest absolute Gasteiger partial charge is 0.419 e. The van der Waals surface area contributed by atoms with E-state index in [9.17, 15) is 27.2 Å². The van der Waals surface area contributed by atoms with Gasteiger partial charge in [-0.25, -0.2) is 4.39 Å². The van der Waals surface area contributed by atoms with Crippen molar-refractivity contribution in [3.8, 4) is 11.1 Å². The lowest BCUT2D eigenvalue weighted by molar-refractivity contribution is -0.140. The molecule has 35 heavy (non-hydrogen) atoms. The fraction of sp³-hybridized carbons (Fsp3) is 0.217. The quantitative estimate of drug-likeness (QED) is 0.347. The maximum Gasteiger partial charge on any atom is 0.419 e. The van der Waals surface area contributed by atoms with E-state index in [4.69, 9.17) is 0 Å². The monoisotopic (exact) mass is 486 g/mol. The Hall–Kier alpha value is -4.22. The molecule has 0 bridgehead atoms. The van der Waals surface area contributed by atoms with Crippen LogP contribution in [0.25, 0.3) is 22.0 Å². The smallest absolute Gasteiger partial charge is 0.322 e. The molecule has 1 saturated carbocycles. The van der Waals surface area contributed by atoms with Gasteiger partial charge in [0.25, 0.3) is 0 Å². The number of nitrogens with one attached hydrogen (secondary N) is 3. The van der Waals surface area contributed by atoms with Gasteiger partial charge in [-0.05, 0) is 42.7 Å². The number of amides is 2. The molecule has 0 atom stereocenters. The molecule has 2 aromatic heterocycles. The molecule has 3 N–H and O–H groups in total. The van der Waals surface area contributed by atoms with E-state index in [1.807, 2.05) is 12.1 Å². The van der Waals surface area contributed by atoms with Gasteiger partial charge in [-0.1, -0.05) is 12.1 Å². The second-order valence-corrected chi connectivity index (χ2v) is 8.24. The Morgan fingerprint density at radius 3 is 2.66 bits per heavy atom. The summed E-state index contributed by atoms with van der Waals surface area (Å²) in [6.07, 6.45) is -0.00759. The van der Waals surface area contributed by atoms with Gasteiger partial charge in [-0.2, -0.15) is 23.4 Å². The van der Waals surface area contributed by atoms with Crippen LogP contribution in [0.5, 0.6) is 0 Å². The van der Waals surface area contributed by atoms with Crippen LogP contribution in [0.2, 0.25) is 0 Å². The predicted octanol–water partition coefficient (Wildman–Crippen LogP) is 4.57. The summed E-state index contributed by atoms with van der Waals surface area (Å²) in [5.41, 5.74) is 0.103. The van der Waals surface area contributed by atoms with Gasteiger partial charge in [-0.3, -0.25) is 19.4 Å². The molecule has 1 aliphatic rings. The highest BCUT2D eigenvalue weighted by molar-refractivity contribution is 6.02. The molecule has 2 heterocycles. The van der Waals surface area contributed by atoms with Crippen LogP contribution in [0.1, 0.15) is 18.4 Å². The van der Waals surface area contributed by atoms with Crippen LogP contribution < -0.4 is 10.6 Å². The highest BCUT2D eigenvalue weighted by atomic mass is 19.4. The maximum atomic E-state index is 14.1. The van der Waals surface area contributed by atoms with Crippen molar-refractivity contribution in [3.63, 3.8) is 0 Å². The zero-order valence-corrected chi connectivity index (χ0v) is 18.0. The number of alkyl halides is 3. The van der Waals surface area contributed by atoms with E-state index in [1.165, 1.54) is 10.9 Å². The number of halogens is 4. The Bertz CT molecular complexity index is 1440. The average molecular weight is 486 g/mol. The summed E-state index contributed by atoms with van der Waals surface area (Å²) in [4.78, 5) is 24.3. The number of hydrogen-bond donors (Lipinski definition) is 3. The highest BCUT2D eigenvalue weighted by Gasteiger charge is 2.35.